The van der Waals surface area contributed by atoms with Crippen LogP contribution >= 0.6 is 47.8 Å². The molecule has 0 atom stereocenters. The summed E-state index contributed by atoms with van der Waals surface area (Å²) in [4.78, 5) is 11.2. The number of carbonyl (C=O) groups is 1. The summed E-state index contributed by atoms with van der Waals surface area (Å²) >= 11 is 10.1. The number of ether oxygens (including phenoxy) is 2. The van der Waals surface area contributed by atoms with Crippen LogP contribution < -0.4 is 9.47 Å². The Morgan fingerprint density at radius 2 is 1.88 bits per heavy atom. The van der Waals surface area contributed by atoms with Crippen molar-refractivity contribution in [1.82, 2.24) is 0 Å². The van der Waals surface area contributed by atoms with E-state index in [0.29, 0.717) is 22.6 Å². The van der Waals surface area contributed by atoms with Gasteiger partial charge in [0.25, 0.3) is 0 Å². The summed E-state index contributed by atoms with van der Waals surface area (Å²) in [5.41, 5.74) is 0. The van der Waals surface area contributed by atoms with Crippen LogP contribution in [-0.4, -0.2) is 12.6 Å². The summed E-state index contributed by atoms with van der Waals surface area (Å²) in [7, 11) is 0. The Morgan fingerprint density at radius 1 is 1.29 bits per heavy atom. The Labute approximate surface area is 125 Å². The zero-order valence-electron chi connectivity index (χ0n) is 8.93. The second-order valence-corrected chi connectivity index (χ2v) is 5.25. The van der Waals surface area contributed by atoms with Crippen LogP contribution in [0.4, 0.5) is 0 Å². The van der Waals surface area contributed by atoms with E-state index in [1.807, 2.05) is 6.92 Å². The summed E-state index contributed by atoms with van der Waals surface area (Å²) in [5, 5.41) is 0. The van der Waals surface area contributed by atoms with E-state index < -0.39 is 5.97 Å². The van der Waals surface area contributed by atoms with Crippen LogP contribution in [0.5, 0.6) is 11.5 Å². The van der Waals surface area contributed by atoms with Gasteiger partial charge in [0, 0.05) is 12.1 Å². The molecule has 0 amide bonds. The van der Waals surface area contributed by atoms with Crippen molar-refractivity contribution in [3.05, 3.63) is 32.1 Å². The molecule has 1 aromatic rings. The van der Waals surface area contributed by atoms with Crippen LogP contribution in [-0.2, 0) is 4.79 Å². The molecule has 17 heavy (non-hydrogen) atoms. The van der Waals surface area contributed by atoms with Crippen molar-refractivity contribution in [3.8, 4) is 11.5 Å². The van der Waals surface area contributed by atoms with Crippen molar-refractivity contribution < 1.29 is 14.3 Å². The molecule has 0 bridgehead atoms. The second-order valence-electron chi connectivity index (χ2n) is 2.87. The van der Waals surface area contributed by atoms with E-state index in [0.717, 1.165) is 15.0 Å². The van der Waals surface area contributed by atoms with E-state index >= 15 is 0 Å². The van der Waals surface area contributed by atoms with Gasteiger partial charge in [-0.3, -0.25) is 0 Å². The van der Waals surface area contributed by atoms with Crippen molar-refractivity contribution in [3.63, 3.8) is 0 Å². The van der Waals surface area contributed by atoms with E-state index in [1.165, 1.54) is 0 Å². The highest BCUT2D eigenvalue weighted by Crippen LogP contribution is 2.44. The fourth-order valence-electron chi connectivity index (χ4n) is 1.04. The monoisotopic (exact) mass is 426 g/mol. The minimum absolute atomic E-state index is 0.369. The highest BCUT2D eigenvalue weighted by Gasteiger charge is 2.16. The molecular weight excluding hydrogens is 420 g/mol. The SMILES string of the molecule is C=CC(=O)Oc1cc(OCC)c(Br)c(Br)c1Br. The summed E-state index contributed by atoms with van der Waals surface area (Å²) in [6.07, 6.45) is 1.10. The first-order valence-electron chi connectivity index (χ1n) is 4.65. The van der Waals surface area contributed by atoms with Crippen molar-refractivity contribution >= 4 is 53.8 Å². The van der Waals surface area contributed by atoms with E-state index in [9.17, 15) is 4.79 Å². The molecule has 1 aromatic carbocycles. The van der Waals surface area contributed by atoms with E-state index in [1.54, 1.807) is 6.07 Å². The maximum Gasteiger partial charge on any atom is 0.335 e. The third-order valence-electron chi connectivity index (χ3n) is 1.76. The third kappa shape index (κ3) is 3.56. The third-order valence-corrected chi connectivity index (χ3v) is 5.19. The summed E-state index contributed by atoms with van der Waals surface area (Å²) in [5.74, 6) is 0.435. The molecule has 0 spiro atoms. The van der Waals surface area contributed by atoms with Gasteiger partial charge < -0.3 is 9.47 Å². The highest BCUT2D eigenvalue weighted by atomic mass is 79.9. The van der Waals surface area contributed by atoms with Crippen LogP contribution in [0.25, 0.3) is 0 Å². The standard InChI is InChI=1S/C11H9Br3O3/c1-3-8(15)17-7-5-6(16-4-2)9(12)11(14)10(7)13/h3,5H,1,4H2,2H3. The Kier molecular flexibility index (Phi) is 5.69. The quantitative estimate of drug-likeness (QED) is 0.307. The zero-order chi connectivity index (χ0) is 13.0. The van der Waals surface area contributed by atoms with Crippen molar-refractivity contribution in [1.29, 1.82) is 0 Å². The average molecular weight is 429 g/mol. The molecule has 0 N–H and O–H groups in total. The molecule has 0 heterocycles. The first kappa shape index (κ1) is 14.7. The van der Waals surface area contributed by atoms with Gasteiger partial charge in [-0.25, -0.2) is 4.79 Å². The van der Waals surface area contributed by atoms with E-state index in [-0.39, 0.29) is 0 Å². The lowest BCUT2D eigenvalue weighted by Gasteiger charge is -2.12. The van der Waals surface area contributed by atoms with E-state index in [2.05, 4.69) is 54.4 Å². The molecule has 6 heteroatoms. The van der Waals surface area contributed by atoms with Crippen molar-refractivity contribution in [2.24, 2.45) is 0 Å². The predicted octanol–water partition coefficient (Wildman–Crippen LogP) is 4.46. The molecular formula is C11H9Br3O3. The minimum Gasteiger partial charge on any atom is -0.493 e. The molecule has 0 aliphatic rings. The Morgan fingerprint density at radius 3 is 2.41 bits per heavy atom. The summed E-state index contributed by atoms with van der Waals surface area (Å²) in [6, 6.07) is 1.63. The first-order chi connectivity index (χ1) is 8.01. The lowest BCUT2D eigenvalue weighted by Crippen LogP contribution is -2.04. The van der Waals surface area contributed by atoms with Gasteiger partial charge >= 0.3 is 5.97 Å². The van der Waals surface area contributed by atoms with Crippen molar-refractivity contribution in [2.45, 2.75) is 6.92 Å². The van der Waals surface area contributed by atoms with Gasteiger partial charge in [-0.1, -0.05) is 6.58 Å². The van der Waals surface area contributed by atoms with Gasteiger partial charge in [-0.2, -0.15) is 0 Å². The van der Waals surface area contributed by atoms with Crippen LogP contribution in [0.2, 0.25) is 0 Å². The number of hydrogen-bond donors (Lipinski definition) is 0. The number of carbonyl (C=O) groups excluding carboxylic acids is 1. The van der Waals surface area contributed by atoms with Gasteiger partial charge in [0.15, 0.2) is 0 Å². The second kappa shape index (κ2) is 6.56. The fraction of sp³-hybridized carbons (Fsp3) is 0.182. The number of halogens is 3. The van der Waals surface area contributed by atoms with Crippen LogP contribution in [0.15, 0.2) is 32.1 Å². The lowest BCUT2D eigenvalue weighted by atomic mass is 10.3. The van der Waals surface area contributed by atoms with Gasteiger partial charge in [0.05, 0.1) is 20.0 Å². The Hall–Kier alpha value is -0.330. The lowest BCUT2D eigenvalue weighted by molar-refractivity contribution is -0.129. The van der Waals surface area contributed by atoms with Gasteiger partial charge in [-0.05, 0) is 54.7 Å². The van der Waals surface area contributed by atoms with E-state index in [4.69, 9.17) is 9.47 Å². The Bertz CT molecular complexity index is 458. The fourth-order valence-corrected chi connectivity index (χ4v) is 2.52. The molecule has 0 saturated carbocycles. The maximum atomic E-state index is 11.2. The molecule has 0 radical (unpaired) electrons. The molecule has 0 saturated heterocycles. The van der Waals surface area contributed by atoms with Gasteiger partial charge in [0.1, 0.15) is 11.5 Å². The predicted molar refractivity (Wildman–Crippen MR) is 76.5 cm³/mol. The normalized spacial score (nSPS) is 9.88. The summed E-state index contributed by atoms with van der Waals surface area (Å²) < 4.78 is 12.6. The number of benzene rings is 1. The molecule has 0 unspecified atom stereocenters. The number of hydrogen-bond acceptors (Lipinski definition) is 3. The zero-order valence-corrected chi connectivity index (χ0v) is 13.7. The van der Waals surface area contributed by atoms with Crippen molar-refractivity contribution in [2.75, 3.05) is 6.61 Å². The van der Waals surface area contributed by atoms with Gasteiger partial charge in [0.2, 0.25) is 0 Å². The smallest absolute Gasteiger partial charge is 0.335 e. The Balaban J connectivity index is 3.21. The van der Waals surface area contributed by atoms with Crippen LogP contribution in [0, 0.1) is 0 Å². The van der Waals surface area contributed by atoms with Gasteiger partial charge in [-0.15, -0.1) is 0 Å². The largest absolute Gasteiger partial charge is 0.493 e. The average Bonchev–Trinajstić information content (AvgIpc) is 2.32. The highest BCUT2D eigenvalue weighted by molar-refractivity contribution is 9.14. The summed E-state index contributed by atoms with van der Waals surface area (Å²) in [6.45, 7) is 5.73. The number of rotatable bonds is 4. The molecule has 3 nitrogen and oxygen atoms in total. The molecule has 1 rings (SSSR count). The maximum absolute atomic E-state index is 11.2. The number of esters is 1. The van der Waals surface area contributed by atoms with Crippen LogP contribution in [0.3, 0.4) is 0 Å². The molecule has 0 fully saturated rings. The molecule has 92 valence electrons. The minimum atomic E-state index is -0.526. The first-order valence-corrected chi connectivity index (χ1v) is 7.03. The van der Waals surface area contributed by atoms with Crippen LogP contribution in [0.1, 0.15) is 6.92 Å². The molecule has 0 aliphatic heterocycles. The molecule has 0 aromatic heterocycles. The topological polar surface area (TPSA) is 35.5 Å². The molecule has 0 aliphatic carbocycles.